The molecule has 7 heteroatoms. The second kappa shape index (κ2) is 7.17. The first kappa shape index (κ1) is 16.2. The van der Waals surface area contributed by atoms with E-state index >= 15 is 0 Å². The van der Waals surface area contributed by atoms with Crippen LogP contribution >= 0.6 is 0 Å². The number of hydrazine groups is 1. The molecule has 0 unspecified atom stereocenters. The molecule has 0 aliphatic carbocycles. The lowest BCUT2D eigenvalue weighted by molar-refractivity contribution is -0.114. The summed E-state index contributed by atoms with van der Waals surface area (Å²) < 4.78 is 0. The molecule has 6 N–H and O–H groups in total. The fourth-order valence-corrected chi connectivity index (χ4v) is 1.99. The second-order valence-corrected chi connectivity index (χ2v) is 5.03. The molecule has 0 aliphatic heterocycles. The Morgan fingerprint density at radius 3 is 2.30 bits per heavy atom. The Balaban J connectivity index is 2.08. The highest BCUT2D eigenvalue weighted by Gasteiger charge is 2.03. The molecule has 2 aromatic carbocycles. The van der Waals surface area contributed by atoms with Gasteiger partial charge in [0.25, 0.3) is 0 Å². The van der Waals surface area contributed by atoms with Gasteiger partial charge in [-0.25, -0.2) is 4.79 Å². The van der Waals surface area contributed by atoms with E-state index in [4.69, 9.17) is 5.73 Å². The summed E-state index contributed by atoms with van der Waals surface area (Å²) in [5.41, 5.74) is 15.1. The number of rotatable bonds is 5. The lowest BCUT2D eigenvalue weighted by atomic mass is 10.2. The number of hydrogen-bond donors (Lipinski definition) is 5. The van der Waals surface area contributed by atoms with E-state index in [0.29, 0.717) is 11.4 Å². The van der Waals surface area contributed by atoms with E-state index in [0.717, 1.165) is 16.9 Å². The summed E-state index contributed by atoms with van der Waals surface area (Å²) in [4.78, 5) is 22.0. The molecular weight excluding hydrogens is 294 g/mol. The van der Waals surface area contributed by atoms with Gasteiger partial charge < -0.3 is 27.2 Å². The van der Waals surface area contributed by atoms with Crippen LogP contribution in [0.3, 0.4) is 0 Å². The van der Waals surface area contributed by atoms with Crippen LogP contribution in [0, 0.1) is 6.92 Å². The molecule has 3 amide bonds. The maximum absolute atomic E-state index is 11.1. The minimum Gasteiger partial charge on any atom is -0.351 e. The summed E-state index contributed by atoms with van der Waals surface area (Å²) in [6, 6.07) is 12.1. The average molecular weight is 313 g/mol. The SMILES string of the molecule is CC(=O)Nc1ccc(C)c(NNc2cccc(NC(N)=O)c2)c1. The van der Waals surface area contributed by atoms with Crippen molar-refractivity contribution in [3.05, 3.63) is 48.0 Å². The zero-order valence-electron chi connectivity index (χ0n) is 12.9. The Hall–Kier alpha value is -3.22. The van der Waals surface area contributed by atoms with Gasteiger partial charge in [0, 0.05) is 18.3 Å². The first-order valence-electron chi connectivity index (χ1n) is 7.01. The van der Waals surface area contributed by atoms with Crippen molar-refractivity contribution >= 4 is 34.7 Å². The number of nitrogens with two attached hydrogens (primary N) is 1. The third-order valence-corrected chi connectivity index (χ3v) is 3.03. The summed E-state index contributed by atoms with van der Waals surface area (Å²) in [6.45, 7) is 3.41. The molecule has 2 rings (SSSR count). The molecule has 0 atom stereocenters. The lowest BCUT2D eigenvalue weighted by Gasteiger charge is -2.14. The van der Waals surface area contributed by atoms with Crippen LogP contribution in [0.1, 0.15) is 12.5 Å². The van der Waals surface area contributed by atoms with Gasteiger partial charge in [-0.05, 0) is 42.8 Å². The topological polar surface area (TPSA) is 108 Å². The minimum absolute atomic E-state index is 0.127. The summed E-state index contributed by atoms with van der Waals surface area (Å²) in [5, 5.41) is 5.24. The molecule has 0 saturated carbocycles. The number of primary amides is 1. The van der Waals surface area contributed by atoms with Crippen molar-refractivity contribution in [2.45, 2.75) is 13.8 Å². The molecule has 120 valence electrons. The Morgan fingerprint density at radius 2 is 1.61 bits per heavy atom. The highest BCUT2D eigenvalue weighted by Crippen LogP contribution is 2.21. The van der Waals surface area contributed by atoms with E-state index in [9.17, 15) is 9.59 Å². The van der Waals surface area contributed by atoms with Crippen LogP contribution in [0.4, 0.5) is 27.5 Å². The highest BCUT2D eigenvalue weighted by atomic mass is 16.2. The monoisotopic (exact) mass is 313 g/mol. The molecule has 0 aromatic heterocycles. The van der Waals surface area contributed by atoms with Gasteiger partial charge in [0.1, 0.15) is 0 Å². The number of amides is 3. The first-order valence-corrected chi connectivity index (χ1v) is 7.01. The summed E-state index contributed by atoms with van der Waals surface area (Å²) in [7, 11) is 0. The summed E-state index contributed by atoms with van der Waals surface area (Å²) in [6.07, 6.45) is 0. The smallest absolute Gasteiger partial charge is 0.316 e. The van der Waals surface area contributed by atoms with Gasteiger partial charge in [0.15, 0.2) is 0 Å². The molecule has 0 bridgehead atoms. The fourth-order valence-electron chi connectivity index (χ4n) is 1.99. The number of benzene rings is 2. The molecule has 23 heavy (non-hydrogen) atoms. The number of hydrogen-bond acceptors (Lipinski definition) is 4. The van der Waals surface area contributed by atoms with Gasteiger partial charge in [-0.2, -0.15) is 0 Å². The van der Waals surface area contributed by atoms with Gasteiger partial charge in [0.05, 0.1) is 11.4 Å². The molecule has 0 saturated heterocycles. The van der Waals surface area contributed by atoms with Crippen LogP contribution in [0.15, 0.2) is 42.5 Å². The predicted molar refractivity (Wildman–Crippen MR) is 92.4 cm³/mol. The summed E-state index contributed by atoms with van der Waals surface area (Å²) in [5.74, 6) is -0.127. The molecule has 0 spiro atoms. The van der Waals surface area contributed by atoms with Crippen LogP contribution in [0.25, 0.3) is 0 Å². The Labute approximate surface area is 134 Å². The Bertz CT molecular complexity index is 730. The van der Waals surface area contributed by atoms with Gasteiger partial charge in [-0.3, -0.25) is 4.79 Å². The van der Waals surface area contributed by atoms with E-state index in [2.05, 4.69) is 21.5 Å². The van der Waals surface area contributed by atoms with Gasteiger partial charge >= 0.3 is 6.03 Å². The molecule has 2 aromatic rings. The number of carbonyl (C=O) groups excluding carboxylic acids is 2. The molecule has 0 fully saturated rings. The van der Waals surface area contributed by atoms with Crippen molar-refractivity contribution in [1.29, 1.82) is 0 Å². The van der Waals surface area contributed by atoms with E-state index in [1.807, 2.05) is 31.2 Å². The molecule has 0 aliphatic rings. The normalized spacial score (nSPS) is 9.83. The van der Waals surface area contributed by atoms with Crippen LogP contribution < -0.4 is 27.2 Å². The first-order chi connectivity index (χ1) is 10.9. The number of anilines is 4. The minimum atomic E-state index is -0.617. The number of aryl methyl sites for hydroxylation is 1. The zero-order valence-corrected chi connectivity index (χ0v) is 12.9. The Morgan fingerprint density at radius 1 is 0.913 bits per heavy atom. The number of carbonyl (C=O) groups is 2. The molecule has 7 nitrogen and oxygen atoms in total. The molecule has 0 radical (unpaired) electrons. The highest BCUT2D eigenvalue weighted by molar-refractivity contribution is 5.89. The van der Waals surface area contributed by atoms with Crippen LogP contribution in [0.5, 0.6) is 0 Å². The van der Waals surface area contributed by atoms with Gasteiger partial charge in [0.2, 0.25) is 5.91 Å². The van der Waals surface area contributed by atoms with Crippen molar-refractivity contribution in [2.24, 2.45) is 5.73 Å². The Kier molecular flexibility index (Phi) is 5.03. The third-order valence-electron chi connectivity index (χ3n) is 3.03. The maximum Gasteiger partial charge on any atom is 0.316 e. The fraction of sp³-hybridized carbons (Fsp3) is 0.125. The van der Waals surface area contributed by atoms with E-state index in [-0.39, 0.29) is 5.91 Å². The number of nitrogens with one attached hydrogen (secondary N) is 4. The molecule has 0 heterocycles. The quantitative estimate of drug-likeness (QED) is 0.547. The lowest BCUT2D eigenvalue weighted by Crippen LogP contribution is -2.19. The van der Waals surface area contributed by atoms with Crippen LogP contribution in [-0.2, 0) is 4.79 Å². The van der Waals surface area contributed by atoms with E-state index in [1.165, 1.54) is 6.92 Å². The van der Waals surface area contributed by atoms with Crippen LogP contribution in [0.2, 0.25) is 0 Å². The van der Waals surface area contributed by atoms with Crippen molar-refractivity contribution in [1.82, 2.24) is 0 Å². The van der Waals surface area contributed by atoms with Crippen molar-refractivity contribution in [3.63, 3.8) is 0 Å². The van der Waals surface area contributed by atoms with Gasteiger partial charge in [-0.15, -0.1) is 0 Å². The zero-order chi connectivity index (χ0) is 16.8. The van der Waals surface area contributed by atoms with E-state index < -0.39 is 6.03 Å². The van der Waals surface area contributed by atoms with Gasteiger partial charge in [-0.1, -0.05) is 12.1 Å². The molecular formula is C16H19N5O2. The second-order valence-electron chi connectivity index (χ2n) is 5.03. The van der Waals surface area contributed by atoms with E-state index in [1.54, 1.807) is 18.2 Å². The maximum atomic E-state index is 11.1. The largest absolute Gasteiger partial charge is 0.351 e. The standard InChI is InChI=1S/C16H19N5O2/c1-10-6-7-13(18-11(2)22)9-15(10)21-20-14-5-3-4-12(8-14)19-16(17)23/h3-9,20-21H,1-2H3,(H,18,22)(H3,17,19,23). The van der Waals surface area contributed by atoms with Crippen molar-refractivity contribution in [3.8, 4) is 0 Å². The van der Waals surface area contributed by atoms with Crippen LogP contribution in [-0.4, -0.2) is 11.9 Å². The van der Waals surface area contributed by atoms with Crippen molar-refractivity contribution < 1.29 is 9.59 Å². The van der Waals surface area contributed by atoms with Crippen molar-refractivity contribution in [2.75, 3.05) is 21.5 Å². The summed E-state index contributed by atoms with van der Waals surface area (Å²) >= 11 is 0. The third kappa shape index (κ3) is 4.92. The average Bonchev–Trinajstić information content (AvgIpc) is 2.47. The predicted octanol–water partition coefficient (Wildman–Crippen LogP) is 2.88. The number of urea groups is 1.